The molecule has 0 spiro atoms. The zero-order valence-electron chi connectivity index (χ0n) is 14.5. The summed E-state index contributed by atoms with van der Waals surface area (Å²) in [6.45, 7) is 0.582. The standard InChI is InChI=1S/C18H15ClFN7O/c19-14-11-27(10-13-4-1-2-5-15(13)20)24-17(14)22-18(28)16-6-9-26(23-16)12-25-8-3-7-21-25/h1-9,11H,10,12H2,(H,22,24,28). The Labute approximate surface area is 164 Å². The van der Waals surface area contributed by atoms with Crippen molar-refractivity contribution in [1.82, 2.24) is 29.3 Å². The van der Waals surface area contributed by atoms with Crippen LogP contribution in [-0.4, -0.2) is 35.2 Å². The SMILES string of the molecule is O=C(Nc1nn(Cc2ccccc2F)cc1Cl)c1ccn(Cn2cccn2)n1. The van der Waals surface area contributed by atoms with Gasteiger partial charge in [-0.3, -0.25) is 18.8 Å². The fourth-order valence-corrected chi connectivity index (χ4v) is 2.83. The van der Waals surface area contributed by atoms with Crippen LogP contribution in [0.1, 0.15) is 16.1 Å². The first-order chi connectivity index (χ1) is 13.6. The van der Waals surface area contributed by atoms with Gasteiger partial charge in [-0.15, -0.1) is 0 Å². The summed E-state index contributed by atoms with van der Waals surface area (Å²) in [6.07, 6.45) is 6.66. The van der Waals surface area contributed by atoms with Gasteiger partial charge in [0.15, 0.2) is 11.5 Å². The molecule has 28 heavy (non-hydrogen) atoms. The van der Waals surface area contributed by atoms with Gasteiger partial charge >= 0.3 is 0 Å². The lowest BCUT2D eigenvalue weighted by molar-refractivity contribution is 0.102. The number of amides is 1. The summed E-state index contributed by atoms with van der Waals surface area (Å²) in [7, 11) is 0. The molecule has 0 radical (unpaired) electrons. The lowest BCUT2D eigenvalue weighted by Crippen LogP contribution is -2.15. The summed E-state index contributed by atoms with van der Waals surface area (Å²) >= 11 is 6.15. The van der Waals surface area contributed by atoms with Crippen LogP contribution in [0.3, 0.4) is 0 Å². The smallest absolute Gasteiger partial charge is 0.277 e. The van der Waals surface area contributed by atoms with E-state index in [1.165, 1.54) is 16.9 Å². The monoisotopic (exact) mass is 399 g/mol. The molecule has 1 aromatic carbocycles. The Morgan fingerprint density at radius 1 is 1.07 bits per heavy atom. The van der Waals surface area contributed by atoms with Crippen molar-refractivity contribution >= 4 is 23.3 Å². The second-order valence-electron chi connectivity index (χ2n) is 6.00. The summed E-state index contributed by atoms with van der Waals surface area (Å²) in [5.41, 5.74) is 0.684. The highest BCUT2D eigenvalue weighted by Gasteiger charge is 2.15. The van der Waals surface area contributed by atoms with Crippen LogP contribution in [0.5, 0.6) is 0 Å². The number of anilines is 1. The number of nitrogens with one attached hydrogen (secondary N) is 1. The number of rotatable bonds is 6. The summed E-state index contributed by atoms with van der Waals surface area (Å²) in [5.74, 6) is -0.593. The van der Waals surface area contributed by atoms with Crippen molar-refractivity contribution in [2.45, 2.75) is 13.2 Å². The second-order valence-corrected chi connectivity index (χ2v) is 6.40. The van der Waals surface area contributed by atoms with Gasteiger partial charge in [0, 0.05) is 30.4 Å². The molecule has 0 unspecified atom stereocenters. The third-order valence-corrected chi connectivity index (χ3v) is 4.24. The van der Waals surface area contributed by atoms with Crippen molar-refractivity contribution in [3.05, 3.63) is 83.3 Å². The van der Waals surface area contributed by atoms with Crippen LogP contribution in [0.15, 0.2) is 61.2 Å². The number of aromatic nitrogens is 6. The Bertz CT molecular complexity index is 1100. The molecule has 142 valence electrons. The first kappa shape index (κ1) is 17.9. The van der Waals surface area contributed by atoms with E-state index in [-0.39, 0.29) is 28.9 Å². The van der Waals surface area contributed by atoms with Gasteiger partial charge in [0.05, 0.1) is 6.54 Å². The maximum Gasteiger partial charge on any atom is 0.277 e. The quantitative estimate of drug-likeness (QED) is 0.540. The molecule has 0 atom stereocenters. The fraction of sp³-hybridized carbons (Fsp3) is 0.111. The molecule has 0 aliphatic heterocycles. The maximum absolute atomic E-state index is 13.8. The highest BCUT2D eigenvalue weighted by molar-refractivity contribution is 6.33. The molecule has 3 heterocycles. The molecule has 0 fully saturated rings. The van der Waals surface area contributed by atoms with Crippen LogP contribution in [0.4, 0.5) is 10.2 Å². The fourth-order valence-electron chi connectivity index (χ4n) is 2.63. The molecule has 0 aliphatic rings. The van der Waals surface area contributed by atoms with Crippen molar-refractivity contribution in [1.29, 1.82) is 0 Å². The van der Waals surface area contributed by atoms with E-state index in [1.807, 2.05) is 0 Å². The third-order valence-electron chi connectivity index (χ3n) is 3.96. The molecule has 4 rings (SSSR count). The minimum atomic E-state index is -0.447. The number of hydrogen-bond acceptors (Lipinski definition) is 4. The summed E-state index contributed by atoms with van der Waals surface area (Å²) in [4.78, 5) is 12.4. The Balaban J connectivity index is 1.44. The zero-order valence-corrected chi connectivity index (χ0v) is 15.3. The van der Waals surface area contributed by atoms with Crippen molar-refractivity contribution in [3.63, 3.8) is 0 Å². The lowest BCUT2D eigenvalue weighted by Gasteiger charge is -2.03. The van der Waals surface area contributed by atoms with Crippen molar-refractivity contribution in [3.8, 4) is 0 Å². The van der Waals surface area contributed by atoms with Crippen LogP contribution < -0.4 is 5.32 Å². The van der Waals surface area contributed by atoms with Gasteiger partial charge in [-0.2, -0.15) is 15.3 Å². The molecule has 8 nitrogen and oxygen atoms in total. The number of nitrogens with zero attached hydrogens (tertiary/aromatic N) is 6. The predicted molar refractivity (Wildman–Crippen MR) is 101 cm³/mol. The molecule has 3 aromatic heterocycles. The van der Waals surface area contributed by atoms with Crippen LogP contribution in [0.25, 0.3) is 0 Å². The summed E-state index contributed by atoms with van der Waals surface area (Å²) in [6, 6.07) is 9.79. The molecular formula is C18H15ClFN7O. The molecule has 4 aromatic rings. The Kier molecular flexibility index (Phi) is 4.90. The molecule has 0 saturated heterocycles. The first-order valence-corrected chi connectivity index (χ1v) is 8.75. The zero-order chi connectivity index (χ0) is 19.5. The van der Waals surface area contributed by atoms with Gasteiger partial charge in [0.2, 0.25) is 0 Å². The van der Waals surface area contributed by atoms with E-state index in [0.29, 0.717) is 12.2 Å². The van der Waals surface area contributed by atoms with Crippen molar-refractivity contribution < 1.29 is 9.18 Å². The van der Waals surface area contributed by atoms with E-state index in [2.05, 4.69) is 20.6 Å². The van der Waals surface area contributed by atoms with E-state index < -0.39 is 5.91 Å². The van der Waals surface area contributed by atoms with Gasteiger partial charge in [-0.05, 0) is 18.2 Å². The van der Waals surface area contributed by atoms with E-state index >= 15 is 0 Å². The molecule has 0 saturated carbocycles. The maximum atomic E-state index is 13.8. The highest BCUT2D eigenvalue weighted by atomic mass is 35.5. The second kappa shape index (κ2) is 7.65. The van der Waals surface area contributed by atoms with Gasteiger partial charge in [0.1, 0.15) is 17.5 Å². The van der Waals surface area contributed by atoms with Gasteiger partial charge in [-0.25, -0.2) is 4.39 Å². The predicted octanol–water partition coefficient (Wildman–Crippen LogP) is 2.88. The van der Waals surface area contributed by atoms with Gasteiger partial charge in [0.25, 0.3) is 5.91 Å². The molecule has 1 N–H and O–H groups in total. The van der Waals surface area contributed by atoms with E-state index in [0.717, 1.165) is 0 Å². The molecule has 10 heteroatoms. The molecule has 0 aliphatic carbocycles. The highest BCUT2D eigenvalue weighted by Crippen LogP contribution is 2.21. The molecule has 1 amide bonds. The Morgan fingerprint density at radius 2 is 1.93 bits per heavy atom. The average molecular weight is 400 g/mol. The van der Waals surface area contributed by atoms with E-state index in [1.54, 1.807) is 58.3 Å². The van der Waals surface area contributed by atoms with Crippen molar-refractivity contribution in [2.75, 3.05) is 5.32 Å². The van der Waals surface area contributed by atoms with Gasteiger partial charge in [-0.1, -0.05) is 29.8 Å². The number of carbonyl (C=O) groups excluding carboxylic acids is 1. The minimum Gasteiger partial charge on any atom is -0.302 e. The summed E-state index contributed by atoms with van der Waals surface area (Å²) in [5, 5.41) is 15.4. The average Bonchev–Trinajstić information content (AvgIpc) is 3.41. The van der Waals surface area contributed by atoms with E-state index in [4.69, 9.17) is 11.6 Å². The Hall–Kier alpha value is -3.46. The Morgan fingerprint density at radius 3 is 2.71 bits per heavy atom. The molecule has 0 bridgehead atoms. The third kappa shape index (κ3) is 3.94. The van der Waals surface area contributed by atoms with E-state index in [9.17, 15) is 9.18 Å². The van der Waals surface area contributed by atoms with Crippen molar-refractivity contribution in [2.24, 2.45) is 0 Å². The number of benzene rings is 1. The first-order valence-electron chi connectivity index (χ1n) is 8.37. The van der Waals surface area contributed by atoms with Crippen LogP contribution in [0, 0.1) is 5.82 Å². The van der Waals surface area contributed by atoms with Crippen LogP contribution in [0.2, 0.25) is 5.02 Å². The number of halogens is 2. The number of hydrogen-bond donors (Lipinski definition) is 1. The van der Waals surface area contributed by atoms with Crippen LogP contribution in [-0.2, 0) is 13.2 Å². The van der Waals surface area contributed by atoms with Gasteiger partial charge < -0.3 is 5.32 Å². The normalized spacial score (nSPS) is 10.9. The summed E-state index contributed by atoms with van der Waals surface area (Å²) < 4.78 is 18.5. The molecular weight excluding hydrogens is 385 g/mol. The lowest BCUT2D eigenvalue weighted by atomic mass is 10.2. The topological polar surface area (TPSA) is 82.6 Å². The van der Waals surface area contributed by atoms with Crippen LogP contribution >= 0.6 is 11.6 Å². The minimum absolute atomic E-state index is 0.185. The number of carbonyl (C=O) groups is 1. The largest absolute Gasteiger partial charge is 0.302 e.